The van der Waals surface area contributed by atoms with Crippen molar-refractivity contribution in [3.8, 4) is 11.1 Å². The molecule has 0 amide bonds. The van der Waals surface area contributed by atoms with Gasteiger partial charge in [0.2, 0.25) is 5.90 Å². The molecule has 1 fully saturated rings. The predicted molar refractivity (Wildman–Crippen MR) is 133 cm³/mol. The van der Waals surface area contributed by atoms with Crippen molar-refractivity contribution >= 4 is 24.0 Å². The van der Waals surface area contributed by atoms with Crippen molar-refractivity contribution in [2.45, 2.75) is 65.0 Å². The van der Waals surface area contributed by atoms with Crippen LogP contribution in [0.2, 0.25) is 0 Å². The Labute approximate surface area is 201 Å². The Balaban J connectivity index is 0.000000945. The number of aldehydes is 1. The second-order valence-electron chi connectivity index (χ2n) is 8.37. The Kier molecular flexibility index (Phi) is 10.7. The summed E-state index contributed by atoms with van der Waals surface area (Å²) in [6, 6.07) is 8.18. The minimum atomic E-state index is -1.01. The Morgan fingerprint density at radius 3 is 2.35 bits per heavy atom. The van der Waals surface area contributed by atoms with Crippen LogP contribution in [0.1, 0.15) is 79.3 Å². The fraction of sp³-hybridized carbons (Fsp3) is 0.462. The number of carbonyl (C=O) groups excluding carboxylic acids is 1. The standard InChI is InChI=1S/C23H27N3O4.C3H8O/c1-14(2)30-21(24)20-19(15-8-10-16(11-9-15)23(28)29)12-18(13-27)26-22(20)25-17-6-4-3-5-7-17;1-3-4-2/h8-14,17,24H,3-7H2,1-2H3,(H,25,26)(H,28,29);3H2,1-2H3. The average molecular weight is 470 g/mol. The van der Waals surface area contributed by atoms with Crippen LogP contribution in [0.5, 0.6) is 0 Å². The number of benzene rings is 1. The first kappa shape index (κ1) is 27.0. The van der Waals surface area contributed by atoms with Gasteiger partial charge in [0, 0.05) is 25.3 Å². The number of nitrogens with one attached hydrogen (secondary N) is 2. The van der Waals surface area contributed by atoms with Crippen molar-refractivity contribution in [1.82, 2.24) is 4.98 Å². The molecule has 3 N–H and O–H groups in total. The van der Waals surface area contributed by atoms with Crippen LogP contribution in [0.4, 0.5) is 5.82 Å². The molecule has 8 nitrogen and oxygen atoms in total. The first-order valence-corrected chi connectivity index (χ1v) is 11.7. The van der Waals surface area contributed by atoms with E-state index in [4.69, 9.17) is 10.1 Å². The van der Waals surface area contributed by atoms with Crippen LogP contribution in [-0.2, 0) is 9.47 Å². The van der Waals surface area contributed by atoms with Gasteiger partial charge in [0.15, 0.2) is 6.29 Å². The first-order valence-electron chi connectivity index (χ1n) is 11.7. The average Bonchev–Trinajstić information content (AvgIpc) is 2.83. The molecule has 1 aliphatic rings. The van der Waals surface area contributed by atoms with Crippen molar-refractivity contribution in [2.24, 2.45) is 0 Å². The lowest BCUT2D eigenvalue weighted by Crippen LogP contribution is -2.25. The summed E-state index contributed by atoms with van der Waals surface area (Å²) in [7, 11) is 1.68. The summed E-state index contributed by atoms with van der Waals surface area (Å²) >= 11 is 0. The zero-order chi connectivity index (χ0) is 25.1. The van der Waals surface area contributed by atoms with Crippen LogP contribution in [0.3, 0.4) is 0 Å². The summed E-state index contributed by atoms with van der Waals surface area (Å²) in [6.07, 6.45) is 5.96. The van der Waals surface area contributed by atoms with Crippen LogP contribution >= 0.6 is 0 Å². The van der Waals surface area contributed by atoms with E-state index in [1.807, 2.05) is 20.8 Å². The van der Waals surface area contributed by atoms with Gasteiger partial charge in [-0.25, -0.2) is 9.78 Å². The molecule has 0 spiro atoms. The molecular weight excluding hydrogens is 434 g/mol. The van der Waals surface area contributed by atoms with Gasteiger partial charge in [-0.05, 0) is 57.4 Å². The van der Waals surface area contributed by atoms with E-state index < -0.39 is 5.97 Å². The van der Waals surface area contributed by atoms with Crippen molar-refractivity contribution < 1.29 is 24.2 Å². The summed E-state index contributed by atoms with van der Waals surface area (Å²) in [5.74, 6) is -0.597. The number of methoxy groups -OCH3 is 1. The minimum absolute atomic E-state index is 0.0365. The third kappa shape index (κ3) is 7.66. The van der Waals surface area contributed by atoms with Crippen LogP contribution in [-0.4, -0.2) is 54.1 Å². The Morgan fingerprint density at radius 1 is 1.24 bits per heavy atom. The first-order chi connectivity index (χ1) is 16.3. The Morgan fingerprint density at radius 2 is 1.85 bits per heavy atom. The van der Waals surface area contributed by atoms with Crippen LogP contribution in [0.25, 0.3) is 11.1 Å². The smallest absolute Gasteiger partial charge is 0.335 e. The molecule has 34 heavy (non-hydrogen) atoms. The van der Waals surface area contributed by atoms with Gasteiger partial charge < -0.3 is 19.9 Å². The highest BCUT2D eigenvalue weighted by atomic mass is 16.5. The summed E-state index contributed by atoms with van der Waals surface area (Å²) in [6.45, 7) is 6.47. The number of hydrogen-bond acceptors (Lipinski definition) is 7. The maximum Gasteiger partial charge on any atom is 0.335 e. The summed E-state index contributed by atoms with van der Waals surface area (Å²) < 4.78 is 10.2. The number of ether oxygens (including phenoxy) is 2. The molecule has 0 radical (unpaired) electrons. The zero-order valence-corrected chi connectivity index (χ0v) is 20.4. The normalized spacial score (nSPS) is 13.6. The van der Waals surface area contributed by atoms with E-state index in [0.717, 1.165) is 32.3 Å². The van der Waals surface area contributed by atoms with E-state index in [-0.39, 0.29) is 29.3 Å². The molecule has 0 saturated heterocycles. The van der Waals surface area contributed by atoms with Gasteiger partial charge in [0.05, 0.1) is 17.2 Å². The number of aromatic carboxylic acids is 1. The van der Waals surface area contributed by atoms with E-state index >= 15 is 0 Å². The summed E-state index contributed by atoms with van der Waals surface area (Å²) in [4.78, 5) is 27.2. The fourth-order valence-electron chi connectivity index (χ4n) is 3.71. The molecule has 0 unspecified atom stereocenters. The number of anilines is 1. The number of carboxylic acids is 1. The largest absolute Gasteiger partial charge is 0.478 e. The van der Waals surface area contributed by atoms with E-state index in [2.05, 4.69) is 15.0 Å². The van der Waals surface area contributed by atoms with Gasteiger partial charge in [0.1, 0.15) is 11.5 Å². The molecule has 0 bridgehead atoms. The highest BCUT2D eigenvalue weighted by Crippen LogP contribution is 2.32. The number of nitrogens with zero attached hydrogens (tertiary/aromatic N) is 1. The van der Waals surface area contributed by atoms with Crippen LogP contribution in [0.15, 0.2) is 30.3 Å². The molecule has 0 atom stereocenters. The van der Waals surface area contributed by atoms with Crippen molar-refractivity contribution in [2.75, 3.05) is 19.0 Å². The lowest BCUT2D eigenvalue weighted by molar-refractivity contribution is 0.0696. The minimum Gasteiger partial charge on any atom is -0.478 e. The van der Waals surface area contributed by atoms with Gasteiger partial charge in [-0.1, -0.05) is 31.4 Å². The van der Waals surface area contributed by atoms with E-state index in [1.165, 1.54) is 18.6 Å². The van der Waals surface area contributed by atoms with E-state index in [1.54, 1.807) is 25.3 Å². The molecule has 3 rings (SSSR count). The number of rotatable bonds is 8. The molecule has 1 heterocycles. The molecule has 8 heteroatoms. The predicted octanol–water partition coefficient (Wildman–Crippen LogP) is 5.41. The molecule has 1 aromatic heterocycles. The molecule has 184 valence electrons. The SMILES string of the molecule is CC(C)OC(=N)c1c(-c2ccc(C(=O)O)cc2)cc(C=O)nc1NC1CCCCC1.CCOC. The topological polar surface area (TPSA) is 122 Å². The van der Waals surface area contributed by atoms with Crippen LogP contribution < -0.4 is 5.32 Å². The van der Waals surface area contributed by atoms with E-state index in [0.29, 0.717) is 28.8 Å². The molecule has 0 aliphatic heterocycles. The van der Waals surface area contributed by atoms with Crippen molar-refractivity contribution in [3.63, 3.8) is 0 Å². The monoisotopic (exact) mass is 469 g/mol. The molecule has 1 aliphatic carbocycles. The summed E-state index contributed by atoms with van der Waals surface area (Å²) in [5, 5.41) is 21.2. The quantitative estimate of drug-likeness (QED) is 0.268. The van der Waals surface area contributed by atoms with Gasteiger partial charge in [0.25, 0.3) is 0 Å². The second-order valence-corrected chi connectivity index (χ2v) is 8.37. The number of hydrogen-bond donors (Lipinski definition) is 3. The lowest BCUT2D eigenvalue weighted by atomic mass is 9.94. The summed E-state index contributed by atoms with van der Waals surface area (Å²) in [5.41, 5.74) is 2.17. The number of carboxylic acid groups (broad SMARTS) is 1. The highest BCUT2D eigenvalue weighted by Gasteiger charge is 2.23. The maximum atomic E-state index is 11.6. The third-order valence-electron chi connectivity index (χ3n) is 5.42. The Bertz CT molecular complexity index is 965. The molecular formula is C26H35N3O5. The lowest BCUT2D eigenvalue weighted by Gasteiger charge is -2.26. The number of pyridine rings is 1. The zero-order valence-electron chi connectivity index (χ0n) is 20.4. The van der Waals surface area contributed by atoms with Gasteiger partial charge in [-0.3, -0.25) is 10.2 Å². The molecule has 1 aromatic carbocycles. The molecule has 1 saturated carbocycles. The molecule has 2 aromatic rings. The van der Waals surface area contributed by atoms with Gasteiger partial charge in [-0.2, -0.15) is 0 Å². The number of carbonyl (C=O) groups is 2. The number of aromatic nitrogens is 1. The van der Waals surface area contributed by atoms with Crippen LogP contribution in [0, 0.1) is 5.41 Å². The third-order valence-corrected chi connectivity index (χ3v) is 5.42. The van der Waals surface area contributed by atoms with Crippen molar-refractivity contribution in [1.29, 1.82) is 5.41 Å². The van der Waals surface area contributed by atoms with E-state index in [9.17, 15) is 14.7 Å². The van der Waals surface area contributed by atoms with Gasteiger partial charge in [-0.15, -0.1) is 0 Å². The Hall–Kier alpha value is -3.26. The van der Waals surface area contributed by atoms with Gasteiger partial charge >= 0.3 is 5.97 Å². The highest BCUT2D eigenvalue weighted by molar-refractivity contribution is 6.04. The van der Waals surface area contributed by atoms with Crippen molar-refractivity contribution in [3.05, 3.63) is 47.2 Å². The maximum absolute atomic E-state index is 11.6. The second kappa shape index (κ2) is 13.4. The fourth-order valence-corrected chi connectivity index (χ4v) is 3.71.